The molecule has 4 aliphatic rings. The molecule has 4 aliphatic carbocycles. The van der Waals surface area contributed by atoms with Crippen LogP contribution < -0.4 is 0 Å². The van der Waals surface area contributed by atoms with Gasteiger partial charge < -0.3 is 10.2 Å². The van der Waals surface area contributed by atoms with Crippen molar-refractivity contribution in [2.75, 3.05) is 0 Å². The van der Waals surface area contributed by atoms with Crippen LogP contribution in [0.2, 0.25) is 0 Å². The Morgan fingerprint density at radius 1 is 0.897 bits per heavy atom. The summed E-state index contributed by atoms with van der Waals surface area (Å²) in [6.45, 7) is 0. The Labute approximate surface area is 169 Å². The second-order valence-corrected chi connectivity index (χ2v) is 9.15. The number of rotatable bonds is 4. The molecule has 0 heterocycles. The lowest BCUT2D eigenvalue weighted by molar-refractivity contribution is -0.134. The Bertz CT molecular complexity index is 948. The molecule has 2 aromatic carbocycles. The molecule has 0 unspecified atom stereocenters. The smallest absolute Gasteiger partial charge is 0.364 e. The fourth-order valence-electron chi connectivity index (χ4n) is 6.41. The molecule has 0 radical (unpaired) electrons. The number of carboxylic acids is 1. The van der Waals surface area contributed by atoms with E-state index in [1.54, 1.807) is 18.2 Å². The van der Waals surface area contributed by atoms with Crippen molar-refractivity contribution in [1.82, 2.24) is 0 Å². The van der Waals surface area contributed by atoms with Crippen molar-refractivity contribution >= 4 is 12.0 Å². The van der Waals surface area contributed by atoms with Crippen molar-refractivity contribution in [3.8, 4) is 16.9 Å². The Morgan fingerprint density at radius 2 is 1.48 bits per heavy atom. The van der Waals surface area contributed by atoms with Crippen LogP contribution in [0.3, 0.4) is 0 Å². The molecule has 29 heavy (non-hydrogen) atoms. The monoisotopic (exact) mass is 392 g/mol. The molecule has 4 fully saturated rings. The minimum absolute atomic E-state index is 0.398. The standard InChI is InChI=1S/C25H25FO3/c26-22(25(28)29)12-14-1-3-17(4-2-14)18-5-6-23(27)21(13-18)24-19-8-15-7-16(10-19)11-20(24)9-15/h1-6,12-13,15-16,19-20,24,27H,7-11H2,(H,28,29). The highest BCUT2D eigenvalue weighted by Crippen LogP contribution is 2.60. The van der Waals surface area contributed by atoms with Crippen LogP contribution in [0.5, 0.6) is 5.75 Å². The number of aliphatic carboxylic acids is 1. The number of hydrogen-bond donors (Lipinski definition) is 2. The molecule has 2 aromatic rings. The van der Waals surface area contributed by atoms with Gasteiger partial charge in [-0.2, -0.15) is 4.39 Å². The zero-order valence-electron chi connectivity index (χ0n) is 16.2. The summed E-state index contributed by atoms with van der Waals surface area (Å²) in [5.41, 5.74) is 3.59. The normalized spacial score (nSPS) is 30.5. The number of phenols is 1. The summed E-state index contributed by atoms with van der Waals surface area (Å²) < 4.78 is 13.3. The lowest BCUT2D eigenvalue weighted by atomic mass is 9.50. The number of halogens is 1. The lowest BCUT2D eigenvalue weighted by Crippen LogP contribution is -2.43. The molecule has 0 spiro atoms. The van der Waals surface area contributed by atoms with E-state index < -0.39 is 11.8 Å². The van der Waals surface area contributed by atoms with Crippen LogP contribution in [0.25, 0.3) is 17.2 Å². The van der Waals surface area contributed by atoms with Crippen LogP contribution in [0.4, 0.5) is 4.39 Å². The predicted octanol–water partition coefficient (Wildman–Crippen LogP) is 5.99. The predicted molar refractivity (Wildman–Crippen MR) is 110 cm³/mol. The van der Waals surface area contributed by atoms with Gasteiger partial charge in [0, 0.05) is 0 Å². The molecular formula is C25H25FO3. The number of benzene rings is 2. The highest BCUT2D eigenvalue weighted by atomic mass is 19.1. The molecule has 150 valence electrons. The summed E-state index contributed by atoms with van der Waals surface area (Å²) in [7, 11) is 0. The van der Waals surface area contributed by atoms with Crippen LogP contribution in [0, 0.1) is 23.7 Å². The van der Waals surface area contributed by atoms with Gasteiger partial charge in [0.2, 0.25) is 5.83 Å². The van der Waals surface area contributed by atoms with E-state index in [0.29, 0.717) is 29.1 Å². The SMILES string of the molecule is O=C(O)C(F)=Cc1ccc(-c2ccc(O)c(C3C4CC5CC(C4)CC3C5)c2)cc1. The van der Waals surface area contributed by atoms with E-state index in [4.69, 9.17) is 5.11 Å². The molecule has 0 aliphatic heterocycles. The van der Waals surface area contributed by atoms with Crippen molar-refractivity contribution in [3.63, 3.8) is 0 Å². The summed E-state index contributed by atoms with van der Waals surface area (Å²) >= 11 is 0. The van der Waals surface area contributed by atoms with Gasteiger partial charge in [0.1, 0.15) is 5.75 Å². The zero-order chi connectivity index (χ0) is 20.1. The number of hydrogen-bond acceptors (Lipinski definition) is 2. The van der Waals surface area contributed by atoms with Gasteiger partial charge in [-0.15, -0.1) is 0 Å². The highest BCUT2D eigenvalue weighted by Gasteiger charge is 2.49. The summed E-state index contributed by atoms with van der Waals surface area (Å²) in [6.07, 6.45) is 7.64. The van der Waals surface area contributed by atoms with E-state index in [9.17, 15) is 14.3 Å². The van der Waals surface area contributed by atoms with Crippen LogP contribution in [-0.2, 0) is 4.79 Å². The first-order chi connectivity index (χ1) is 14.0. The van der Waals surface area contributed by atoms with Gasteiger partial charge in [-0.05, 0) is 102 Å². The Morgan fingerprint density at radius 3 is 2.07 bits per heavy atom. The van der Waals surface area contributed by atoms with Crippen molar-refractivity contribution in [1.29, 1.82) is 0 Å². The van der Waals surface area contributed by atoms with Crippen LogP contribution in [0.15, 0.2) is 48.3 Å². The maximum atomic E-state index is 13.3. The van der Waals surface area contributed by atoms with Gasteiger partial charge in [-0.3, -0.25) is 0 Å². The molecule has 6 rings (SSSR count). The van der Waals surface area contributed by atoms with Gasteiger partial charge in [0.25, 0.3) is 0 Å². The van der Waals surface area contributed by atoms with Gasteiger partial charge in [-0.25, -0.2) is 4.79 Å². The van der Waals surface area contributed by atoms with Crippen molar-refractivity contribution in [2.24, 2.45) is 23.7 Å². The Kier molecular flexibility index (Phi) is 4.45. The van der Waals surface area contributed by atoms with E-state index in [-0.39, 0.29) is 0 Å². The lowest BCUT2D eigenvalue weighted by Gasteiger charge is -2.54. The highest BCUT2D eigenvalue weighted by molar-refractivity contribution is 5.89. The van der Waals surface area contributed by atoms with Crippen molar-refractivity contribution < 1.29 is 19.4 Å². The summed E-state index contributed by atoms with van der Waals surface area (Å²) in [5, 5.41) is 19.3. The summed E-state index contributed by atoms with van der Waals surface area (Å²) in [4.78, 5) is 10.7. The van der Waals surface area contributed by atoms with E-state index in [0.717, 1.165) is 34.6 Å². The number of carbonyl (C=O) groups is 1. The molecular weight excluding hydrogens is 367 g/mol. The average Bonchev–Trinajstić information content (AvgIpc) is 2.69. The molecule has 0 atom stereocenters. The Balaban J connectivity index is 1.44. The second-order valence-electron chi connectivity index (χ2n) is 9.15. The van der Waals surface area contributed by atoms with Crippen LogP contribution in [0.1, 0.15) is 49.1 Å². The first-order valence-electron chi connectivity index (χ1n) is 10.5. The fraction of sp³-hybridized carbons (Fsp3) is 0.400. The topological polar surface area (TPSA) is 57.5 Å². The fourth-order valence-corrected chi connectivity index (χ4v) is 6.41. The van der Waals surface area contributed by atoms with Gasteiger partial charge >= 0.3 is 5.97 Å². The molecule has 0 saturated heterocycles. The number of aromatic hydroxyl groups is 1. The summed E-state index contributed by atoms with van der Waals surface area (Å²) in [5.74, 6) is 1.29. The van der Waals surface area contributed by atoms with Crippen molar-refractivity contribution in [3.05, 3.63) is 59.4 Å². The minimum Gasteiger partial charge on any atom is -0.508 e. The molecule has 0 aromatic heterocycles. The number of carboxylic acid groups (broad SMARTS) is 1. The third-order valence-corrected chi connectivity index (χ3v) is 7.36. The van der Waals surface area contributed by atoms with Crippen LogP contribution in [-0.4, -0.2) is 16.2 Å². The molecule has 4 saturated carbocycles. The van der Waals surface area contributed by atoms with E-state index in [1.165, 1.54) is 32.1 Å². The van der Waals surface area contributed by atoms with E-state index in [1.807, 2.05) is 18.2 Å². The van der Waals surface area contributed by atoms with Crippen molar-refractivity contribution in [2.45, 2.75) is 38.0 Å². The molecule has 0 amide bonds. The van der Waals surface area contributed by atoms with E-state index in [2.05, 4.69) is 6.07 Å². The molecule has 4 bridgehead atoms. The summed E-state index contributed by atoms with van der Waals surface area (Å²) in [6, 6.07) is 13.0. The third-order valence-electron chi connectivity index (χ3n) is 7.36. The van der Waals surface area contributed by atoms with E-state index >= 15 is 0 Å². The minimum atomic E-state index is -1.56. The van der Waals surface area contributed by atoms with Gasteiger partial charge in [0.05, 0.1) is 0 Å². The maximum absolute atomic E-state index is 13.3. The molecule has 2 N–H and O–H groups in total. The third kappa shape index (κ3) is 3.35. The van der Waals surface area contributed by atoms with Crippen LogP contribution >= 0.6 is 0 Å². The van der Waals surface area contributed by atoms with Gasteiger partial charge in [0.15, 0.2) is 0 Å². The average molecular weight is 392 g/mol. The second kappa shape index (κ2) is 7.01. The largest absolute Gasteiger partial charge is 0.508 e. The first-order valence-corrected chi connectivity index (χ1v) is 10.5. The number of phenolic OH excluding ortho intramolecular Hbond substituents is 1. The quantitative estimate of drug-likeness (QED) is 0.628. The Hall–Kier alpha value is -2.62. The molecule has 3 nitrogen and oxygen atoms in total. The maximum Gasteiger partial charge on any atom is 0.364 e. The van der Waals surface area contributed by atoms with Gasteiger partial charge in [-0.1, -0.05) is 30.3 Å². The zero-order valence-corrected chi connectivity index (χ0v) is 16.2. The molecule has 4 heteroatoms. The first kappa shape index (κ1) is 18.4.